The summed E-state index contributed by atoms with van der Waals surface area (Å²) in [6, 6.07) is 1.64. The topological polar surface area (TPSA) is 32.7 Å². The van der Waals surface area contributed by atoms with Gasteiger partial charge in [-0.3, -0.25) is 4.90 Å². The van der Waals surface area contributed by atoms with Crippen molar-refractivity contribution in [2.45, 2.75) is 57.5 Å². The second-order valence-electron chi connectivity index (χ2n) is 5.72. The molecule has 0 heterocycles. The Morgan fingerprint density at radius 3 is 2.12 bits per heavy atom. The van der Waals surface area contributed by atoms with E-state index in [0.717, 1.165) is 31.2 Å². The molecular weight excluding hydrogens is 214 g/mol. The quantitative estimate of drug-likeness (QED) is 0.692. The van der Waals surface area contributed by atoms with Crippen LogP contribution in [-0.4, -0.2) is 48.5 Å². The summed E-state index contributed by atoms with van der Waals surface area (Å²) in [6.45, 7) is 4.85. The Morgan fingerprint density at radius 1 is 1.00 bits per heavy atom. The minimum absolute atomic E-state index is 0.143. The van der Waals surface area contributed by atoms with Gasteiger partial charge in [0.2, 0.25) is 0 Å². The molecule has 2 fully saturated rings. The summed E-state index contributed by atoms with van der Waals surface area (Å²) >= 11 is 0. The first-order chi connectivity index (χ1) is 8.31. The van der Waals surface area contributed by atoms with Gasteiger partial charge in [0.05, 0.1) is 19.8 Å². The molecule has 0 saturated heterocycles. The van der Waals surface area contributed by atoms with Crippen LogP contribution in [0.2, 0.25) is 0 Å². The molecule has 0 amide bonds. The summed E-state index contributed by atoms with van der Waals surface area (Å²) in [7, 11) is 0. The Labute approximate surface area is 105 Å². The molecule has 17 heavy (non-hydrogen) atoms. The summed E-state index contributed by atoms with van der Waals surface area (Å²) < 4.78 is 5.41. The largest absolute Gasteiger partial charge is 0.394 e. The third-order valence-electron chi connectivity index (χ3n) is 4.20. The standard InChI is InChI=1S/C14H27NO2/c1-12-2-4-13(5-3-12)15(14-6-7-14)8-10-17-11-9-16/h12-14,16H,2-11H2,1H3. The lowest BCUT2D eigenvalue weighted by Crippen LogP contribution is -2.41. The molecule has 0 spiro atoms. The number of ether oxygens (including phenoxy) is 1. The Balaban J connectivity index is 1.72. The first-order valence-electron chi connectivity index (χ1n) is 7.25. The van der Waals surface area contributed by atoms with E-state index < -0.39 is 0 Å². The summed E-state index contributed by atoms with van der Waals surface area (Å²) in [5.74, 6) is 0.929. The fourth-order valence-corrected chi connectivity index (χ4v) is 2.98. The maximum absolute atomic E-state index is 8.69. The SMILES string of the molecule is CC1CCC(N(CCOCCO)C2CC2)CC1. The normalized spacial score (nSPS) is 29.8. The Hall–Kier alpha value is -0.120. The van der Waals surface area contributed by atoms with Crippen LogP contribution in [0.25, 0.3) is 0 Å². The molecule has 2 rings (SSSR count). The van der Waals surface area contributed by atoms with E-state index in [1.165, 1.54) is 38.5 Å². The smallest absolute Gasteiger partial charge is 0.0698 e. The highest BCUT2D eigenvalue weighted by atomic mass is 16.5. The van der Waals surface area contributed by atoms with Crippen LogP contribution in [0.3, 0.4) is 0 Å². The van der Waals surface area contributed by atoms with Crippen LogP contribution < -0.4 is 0 Å². The lowest BCUT2D eigenvalue weighted by molar-refractivity contribution is 0.0504. The van der Waals surface area contributed by atoms with Gasteiger partial charge in [-0.2, -0.15) is 0 Å². The average molecular weight is 241 g/mol. The number of aliphatic hydroxyl groups excluding tert-OH is 1. The fraction of sp³-hybridized carbons (Fsp3) is 1.00. The molecule has 0 unspecified atom stereocenters. The molecule has 0 atom stereocenters. The molecule has 0 aromatic carbocycles. The maximum atomic E-state index is 8.69. The van der Waals surface area contributed by atoms with Gasteiger partial charge in [-0.15, -0.1) is 0 Å². The fourth-order valence-electron chi connectivity index (χ4n) is 2.98. The van der Waals surface area contributed by atoms with Crippen molar-refractivity contribution in [2.75, 3.05) is 26.4 Å². The molecule has 2 aliphatic rings. The van der Waals surface area contributed by atoms with Crippen LogP contribution in [0, 0.1) is 5.92 Å². The predicted octanol–water partition coefficient (Wildman–Crippen LogP) is 2.04. The van der Waals surface area contributed by atoms with E-state index in [1.54, 1.807) is 0 Å². The predicted molar refractivity (Wildman–Crippen MR) is 69.1 cm³/mol. The van der Waals surface area contributed by atoms with Gasteiger partial charge in [0.25, 0.3) is 0 Å². The zero-order chi connectivity index (χ0) is 12.1. The first-order valence-corrected chi connectivity index (χ1v) is 7.25. The van der Waals surface area contributed by atoms with E-state index in [2.05, 4.69) is 11.8 Å². The summed E-state index contributed by atoms with van der Waals surface area (Å²) in [5, 5.41) is 8.69. The second-order valence-corrected chi connectivity index (χ2v) is 5.72. The molecule has 0 aliphatic heterocycles. The van der Waals surface area contributed by atoms with Crippen molar-refractivity contribution in [3.05, 3.63) is 0 Å². The van der Waals surface area contributed by atoms with E-state index in [4.69, 9.17) is 9.84 Å². The van der Waals surface area contributed by atoms with Gasteiger partial charge in [-0.05, 0) is 44.4 Å². The van der Waals surface area contributed by atoms with Crippen molar-refractivity contribution < 1.29 is 9.84 Å². The minimum atomic E-state index is 0.143. The Bertz CT molecular complexity index is 210. The number of aliphatic hydroxyl groups is 1. The first kappa shape index (κ1) is 13.3. The van der Waals surface area contributed by atoms with Crippen LogP contribution in [0.1, 0.15) is 45.4 Å². The molecule has 2 saturated carbocycles. The van der Waals surface area contributed by atoms with E-state index in [-0.39, 0.29) is 6.61 Å². The van der Waals surface area contributed by atoms with Crippen molar-refractivity contribution in [1.29, 1.82) is 0 Å². The monoisotopic (exact) mass is 241 g/mol. The van der Waals surface area contributed by atoms with Crippen LogP contribution in [0.5, 0.6) is 0 Å². The number of hydrogen-bond donors (Lipinski definition) is 1. The molecule has 0 radical (unpaired) electrons. The van der Waals surface area contributed by atoms with E-state index in [0.29, 0.717) is 6.61 Å². The molecule has 3 heteroatoms. The summed E-state index contributed by atoms with van der Waals surface area (Å²) in [6.07, 6.45) is 8.30. The highest BCUT2D eigenvalue weighted by molar-refractivity contribution is 4.90. The van der Waals surface area contributed by atoms with Gasteiger partial charge in [0, 0.05) is 18.6 Å². The van der Waals surface area contributed by atoms with Crippen molar-refractivity contribution in [3.63, 3.8) is 0 Å². The molecule has 2 aliphatic carbocycles. The highest BCUT2D eigenvalue weighted by Gasteiger charge is 2.34. The minimum Gasteiger partial charge on any atom is -0.394 e. The molecule has 3 nitrogen and oxygen atoms in total. The van der Waals surface area contributed by atoms with Crippen LogP contribution in [0.15, 0.2) is 0 Å². The number of rotatable bonds is 7. The van der Waals surface area contributed by atoms with Gasteiger partial charge in [-0.25, -0.2) is 0 Å². The van der Waals surface area contributed by atoms with E-state index in [9.17, 15) is 0 Å². The highest BCUT2D eigenvalue weighted by Crippen LogP contribution is 2.34. The van der Waals surface area contributed by atoms with Crippen LogP contribution in [-0.2, 0) is 4.74 Å². The molecule has 100 valence electrons. The molecule has 0 aromatic rings. The van der Waals surface area contributed by atoms with Gasteiger partial charge < -0.3 is 9.84 Å². The van der Waals surface area contributed by atoms with Crippen molar-refractivity contribution in [1.82, 2.24) is 4.90 Å². The van der Waals surface area contributed by atoms with Gasteiger partial charge in [0.1, 0.15) is 0 Å². The van der Waals surface area contributed by atoms with Crippen molar-refractivity contribution >= 4 is 0 Å². The summed E-state index contributed by atoms with van der Waals surface area (Å²) in [5.41, 5.74) is 0. The number of hydrogen-bond acceptors (Lipinski definition) is 3. The van der Waals surface area contributed by atoms with Gasteiger partial charge >= 0.3 is 0 Å². The second kappa shape index (κ2) is 6.72. The lowest BCUT2D eigenvalue weighted by Gasteiger charge is -2.36. The third-order valence-corrected chi connectivity index (χ3v) is 4.20. The number of nitrogens with zero attached hydrogens (tertiary/aromatic N) is 1. The molecular formula is C14H27NO2. The summed E-state index contributed by atoms with van der Waals surface area (Å²) in [4.78, 5) is 2.68. The lowest BCUT2D eigenvalue weighted by atomic mass is 9.86. The van der Waals surface area contributed by atoms with Gasteiger partial charge in [0.15, 0.2) is 0 Å². The third kappa shape index (κ3) is 4.23. The Morgan fingerprint density at radius 2 is 1.59 bits per heavy atom. The van der Waals surface area contributed by atoms with Gasteiger partial charge in [-0.1, -0.05) is 6.92 Å². The maximum Gasteiger partial charge on any atom is 0.0698 e. The van der Waals surface area contributed by atoms with Crippen molar-refractivity contribution in [3.8, 4) is 0 Å². The van der Waals surface area contributed by atoms with Crippen LogP contribution in [0.4, 0.5) is 0 Å². The molecule has 0 bridgehead atoms. The van der Waals surface area contributed by atoms with Crippen molar-refractivity contribution in [2.24, 2.45) is 5.92 Å². The van der Waals surface area contributed by atoms with E-state index in [1.807, 2.05) is 0 Å². The zero-order valence-corrected chi connectivity index (χ0v) is 11.1. The average Bonchev–Trinajstić information content (AvgIpc) is 3.15. The zero-order valence-electron chi connectivity index (χ0n) is 11.1. The molecule has 1 N–H and O–H groups in total. The van der Waals surface area contributed by atoms with E-state index >= 15 is 0 Å². The van der Waals surface area contributed by atoms with Crippen LogP contribution >= 0.6 is 0 Å². The molecule has 0 aromatic heterocycles. The Kier molecular flexibility index (Phi) is 5.26.